The highest BCUT2D eigenvalue weighted by Crippen LogP contribution is 2.28. The van der Waals surface area contributed by atoms with Crippen molar-refractivity contribution in [2.24, 2.45) is 11.8 Å². The fourth-order valence-electron chi connectivity index (χ4n) is 3.17. The monoisotopic (exact) mass is 275 g/mol. The molecule has 20 heavy (non-hydrogen) atoms. The van der Waals surface area contributed by atoms with Gasteiger partial charge in [0.05, 0.1) is 6.10 Å². The van der Waals surface area contributed by atoms with Crippen LogP contribution in [-0.4, -0.2) is 12.6 Å². The molecule has 1 aromatic carbocycles. The van der Waals surface area contributed by atoms with Crippen molar-refractivity contribution in [3.63, 3.8) is 0 Å². The minimum Gasteiger partial charge on any atom is -0.491 e. The molecule has 2 atom stereocenters. The molecule has 2 rings (SSSR count). The number of hydrogen-bond acceptors (Lipinski definition) is 2. The quantitative estimate of drug-likeness (QED) is 0.831. The van der Waals surface area contributed by atoms with E-state index in [2.05, 4.69) is 44.3 Å². The molecule has 1 N–H and O–H groups in total. The van der Waals surface area contributed by atoms with Gasteiger partial charge in [-0.25, -0.2) is 0 Å². The maximum Gasteiger partial charge on any atom is 0.120 e. The predicted molar refractivity (Wildman–Crippen MR) is 85.0 cm³/mol. The van der Waals surface area contributed by atoms with Crippen molar-refractivity contribution in [1.29, 1.82) is 0 Å². The van der Waals surface area contributed by atoms with E-state index in [1.807, 2.05) is 6.07 Å². The molecule has 1 fully saturated rings. The van der Waals surface area contributed by atoms with Crippen molar-refractivity contribution in [2.75, 3.05) is 6.54 Å². The zero-order chi connectivity index (χ0) is 14.4. The van der Waals surface area contributed by atoms with E-state index in [-0.39, 0.29) is 6.10 Å². The van der Waals surface area contributed by atoms with Crippen LogP contribution in [0.1, 0.15) is 52.0 Å². The van der Waals surface area contributed by atoms with Crippen molar-refractivity contribution in [3.8, 4) is 5.75 Å². The highest BCUT2D eigenvalue weighted by Gasteiger charge is 2.18. The minimum atomic E-state index is 0.238. The van der Waals surface area contributed by atoms with Crippen LogP contribution in [0.2, 0.25) is 0 Å². The van der Waals surface area contributed by atoms with Gasteiger partial charge in [-0.05, 0) is 62.8 Å². The van der Waals surface area contributed by atoms with Crippen LogP contribution in [0, 0.1) is 11.8 Å². The van der Waals surface area contributed by atoms with Gasteiger partial charge >= 0.3 is 0 Å². The number of nitrogens with one attached hydrogen (secondary N) is 1. The summed E-state index contributed by atoms with van der Waals surface area (Å²) < 4.78 is 5.74. The van der Waals surface area contributed by atoms with E-state index in [0.717, 1.165) is 30.7 Å². The van der Waals surface area contributed by atoms with Gasteiger partial charge in [-0.1, -0.05) is 31.9 Å². The molecule has 0 saturated heterocycles. The second-order valence-electron chi connectivity index (χ2n) is 6.58. The first kappa shape index (κ1) is 15.4. The summed E-state index contributed by atoms with van der Waals surface area (Å²) in [4.78, 5) is 0. The lowest BCUT2D eigenvalue weighted by molar-refractivity contribution is 0.242. The predicted octanol–water partition coefficient (Wildman–Crippen LogP) is 4.39. The highest BCUT2D eigenvalue weighted by atomic mass is 16.5. The van der Waals surface area contributed by atoms with Gasteiger partial charge in [-0.15, -0.1) is 0 Å². The van der Waals surface area contributed by atoms with Crippen molar-refractivity contribution in [3.05, 3.63) is 29.8 Å². The van der Waals surface area contributed by atoms with Crippen LogP contribution in [0.5, 0.6) is 5.75 Å². The molecule has 0 amide bonds. The Morgan fingerprint density at radius 2 is 2.15 bits per heavy atom. The lowest BCUT2D eigenvalue weighted by Gasteiger charge is -2.26. The molecule has 1 aliphatic rings. The summed E-state index contributed by atoms with van der Waals surface area (Å²) in [5.41, 5.74) is 1.31. The summed E-state index contributed by atoms with van der Waals surface area (Å²) >= 11 is 0. The molecule has 0 bridgehead atoms. The maximum absolute atomic E-state index is 5.74. The van der Waals surface area contributed by atoms with Crippen molar-refractivity contribution in [1.82, 2.24) is 5.32 Å². The Labute approximate surface area is 123 Å². The molecule has 2 heteroatoms. The van der Waals surface area contributed by atoms with E-state index in [0.29, 0.717) is 0 Å². The summed E-state index contributed by atoms with van der Waals surface area (Å²) in [5, 5.41) is 3.62. The topological polar surface area (TPSA) is 21.3 Å². The standard InChI is InChI=1S/C18H29NO/c1-14(2)20-18-9-5-8-17(11-18)13-19-12-16-7-4-6-15(3)10-16/h5,8-9,11,14-16,19H,4,6-7,10,12-13H2,1-3H3. The Hall–Kier alpha value is -1.02. The van der Waals surface area contributed by atoms with Gasteiger partial charge in [0, 0.05) is 6.54 Å². The molecular weight excluding hydrogens is 246 g/mol. The summed E-state index contributed by atoms with van der Waals surface area (Å²) in [6, 6.07) is 8.43. The molecule has 112 valence electrons. The summed E-state index contributed by atoms with van der Waals surface area (Å²) in [6.45, 7) is 8.61. The Balaban J connectivity index is 1.76. The van der Waals surface area contributed by atoms with Crippen molar-refractivity contribution in [2.45, 2.75) is 59.1 Å². The lowest BCUT2D eigenvalue weighted by Crippen LogP contribution is -2.26. The molecule has 2 nitrogen and oxygen atoms in total. The van der Waals surface area contributed by atoms with Gasteiger partial charge in [0.1, 0.15) is 5.75 Å². The highest BCUT2D eigenvalue weighted by molar-refractivity contribution is 5.28. The zero-order valence-electron chi connectivity index (χ0n) is 13.2. The molecule has 1 saturated carbocycles. The van der Waals surface area contributed by atoms with Gasteiger partial charge in [0.2, 0.25) is 0 Å². The van der Waals surface area contributed by atoms with Gasteiger partial charge in [-0.3, -0.25) is 0 Å². The molecule has 1 aromatic rings. The summed E-state index contributed by atoms with van der Waals surface area (Å²) in [6.07, 6.45) is 5.86. The second kappa shape index (κ2) is 7.68. The first-order valence-corrected chi connectivity index (χ1v) is 8.10. The maximum atomic E-state index is 5.74. The Morgan fingerprint density at radius 1 is 1.30 bits per heavy atom. The van der Waals surface area contributed by atoms with Crippen molar-refractivity contribution >= 4 is 0 Å². The van der Waals surface area contributed by atoms with E-state index in [4.69, 9.17) is 4.74 Å². The Kier molecular flexibility index (Phi) is 5.90. The third-order valence-electron chi connectivity index (χ3n) is 4.08. The van der Waals surface area contributed by atoms with E-state index < -0.39 is 0 Å². The number of rotatable bonds is 6. The van der Waals surface area contributed by atoms with Crippen LogP contribution < -0.4 is 10.1 Å². The number of ether oxygens (including phenoxy) is 1. The van der Waals surface area contributed by atoms with Gasteiger partial charge < -0.3 is 10.1 Å². The van der Waals surface area contributed by atoms with Crippen LogP contribution in [0.3, 0.4) is 0 Å². The SMILES string of the molecule is CC1CCCC(CNCc2cccc(OC(C)C)c2)C1. The third-order valence-corrected chi connectivity index (χ3v) is 4.08. The molecule has 0 heterocycles. The largest absolute Gasteiger partial charge is 0.491 e. The van der Waals surface area contributed by atoms with Gasteiger partial charge in [0.25, 0.3) is 0 Å². The van der Waals surface area contributed by atoms with Crippen LogP contribution in [0.25, 0.3) is 0 Å². The fraction of sp³-hybridized carbons (Fsp3) is 0.667. The lowest BCUT2D eigenvalue weighted by atomic mass is 9.82. The van der Waals surface area contributed by atoms with Crippen LogP contribution in [0.4, 0.5) is 0 Å². The fourth-order valence-corrected chi connectivity index (χ4v) is 3.17. The number of benzene rings is 1. The van der Waals surface area contributed by atoms with E-state index in [1.165, 1.54) is 31.2 Å². The summed E-state index contributed by atoms with van der Waals surface area (Å²) in [5.74, 6) is 2.76. The van der Waals surface area contributed by atoms with E-state index >= 15 is 0 Å². The smallest absolute Gasteiger partial charge is 0.120 e. The first-order chi connectivity index (χ1) is 9.63. The second-order valence-corrected chi connectivity index (χ2v) is 6.58. The van der Waals surface area contributed by atoms with Crippen LogP contribution in [-0.2, 0) is 6.54 Å². The van der Waals surface area contributed by atoms with Crippen LogP contribution >= 0.6 is 0 Å². The average molecular weight is 275 g/mol. The molecule has 0 aliphatic heterocycles. The first-order valence-electron chi connectivity index (χ1n) is 8.10. The van der Waals surface area contributed by atoms with E-state index in [1.54, 1.807) is 0 Å². The normalized spacial score (nSPS) is 23.0. The van der Waals surface area contributed by atoms with Gasteiger partial charge in [0.15, 0.2) is 0 Å². The van der Waals surface area contributed by atoms with Gasteiger partial charge in [-0.2, -0.15) is 0 Å². The molecular formula is C18H29NO. The summed E-state index contributed by atoms with van der Waals surface area (Å²) in [7, 11) is 0. The molecule has 0 radical (unpaired) electrons. The van der Waals surface area contributed by atoms with Crippen LogP contribution in [0.15, 0.2) is 24.3 Å². The number of hydrogen-bond donors (Lipinski definition) is 1. The molecule has 0 aromatic heterocycles. The average Bonchev–Trinajstić information content (AvgIpc) is 2.38. The molecule has 1 aliphatic carbocycles. The zero-order valence-corrected chi connectivity index (χ0v) is 13.2. The molecule has 0 spiro atoms. The van der Waals surface area contributed by atoms with Crippen molar-refractivity contribution < 1.29 is 4.74 Å². The molecule has 2 unspecified atom stereocenters. The Bertz CT molecular complexity index is 402. The Morgan fingerprint density at radius 3 is 2.90 bits per heavy atom. The minimum absolute atomic E-state index is 0.238. The third kappa shape index (κ3) is 5.16. The van der Waals surface area contributed by atoms with E-state index in [9.17, 15) is 0 Å².